The standard InChI is InChI=1S/C26H28ClN5O3S/c27-21-6-7-22-20(14-21)15-24(29-22)36(34,35)32-13-12-31(25(33)17-32)16-18-2-4-19(5-3-18)26(23-8-9-28-23)30-10-1-11-30/h2-7,14-15,28-29H,1,8-13,16-17H2/b26-23-. The van der Waals surface area contributed by atoms with Gasteiger partial charge in [-0.1, -0.05) is 35.9 Å². The van der Waals surface area contributed by atoms with Gasteiger partial charge in [0.25, 0.3) is 10.0 Å². The van der Waals surface area contributed by atoms with Gasteiger partial charge in [-0.25, -0.2) is 8.42 Å². The molecule has 0 atom stereocenters. The molecule has 188 valence electrons. The Labute approximate surface area is 215 Å². The summed E-state index contributed by atoms with van der Waals surface area (Å²) in [5, 5.41) is 4.77. The number of likely N-dealkylation sites (tertiary alicyclic amines) is 1. The molecule has 0 unspecified atom stereocenters. The Morgan fingerprint density at radius 2 is 1.78 bits per heavy atom. The molecule has 0 spiro atoms. The monoisotopic (exact) mass is 525 g/mol. The van der Waals surface area contributed by atoms with Gasteiger partial charge < -0.3 is 20.1 Å². The second kappa shape index (κ2) is 9.14. The smallest absolute Gasteiger partial charge is 0.259 e. The highest BCUT2D eigenvalue weighted by molar-refractivity contribution is 7.89. The van der Waals surface area contributed by atoms with Crippen LogP contribution in [-0.4, -0.2) is 72.7 Å². The van der Waals surface area contributed by atoms with Crippen LogP contribution < -0.4 is 5.32 Å². The molecule has 2 aromatic carbocycles. The van der Waals surface area contributed by atoms with Crippen molar-refractivity contribution in [1.82, 2.24) is 24.4 Å². The molecule has 0 bridgehead atoms. The lowest BCUT2D eigenvalue weighted by molar-refractivity contribution is -0.134. The number of carbonyl (C=O) groups excluding carboxylic acids is 1. The third kappa shape index (κ3) is 4.25. The van der Waals surface area contributed by atoms with Crippen molar-refractivity contribution < 1.29 is 13.2 Å². The molecule has 0 radical (unpaired) electrons. The fourth-order valence-corrected chi connectivity index (χ4v) is 6.52. The van der Waals surface area contributed by atoms with Gasteiger partial charge in [0.1, 0.15) is 5.03 Å². The minimum absolute atomic E-state index is 0.0738. The highest BCUT2D eigenvalue weighted by Crippen LogP contribution is 2.31. The van der Waals surface area contributed by atoms with Crippen molar-refractivity contribution in [3.05, 3.63) is 70.4 Å². The molecule has 0 aliphatic carbocycles. The molecular formula is C26H28ClN5O3S. The van der Waals surface area contributed by atoms with Crippen molar-refractivity contribution in [3.8, 4) is 0 Å². The van der Waals surface area contributed by atoms with E-state index in [1.807, 2.05) is 0 Å². The number of carbonyl (C=O) groups is 1. The fourth-order valence-electron chi connectivity index (χ4n) is 4.94. The quantitative estimate of drug-likeness (QED) is 0.516. The molecule has 4 heterocycles. The highest BCUT2D eigenvalue weighted by Gasteiger charge is 2.34. The molecular weight excluding hydrogens is 498 g/mol. The number of sulfonamides is 1. The van der Waals surface area contributed by atoms with Crippen molar-refractivity contribution in [1.29, 1.82) is 0 Å². The molecule has 0 saturated carbocycles. The third-order valence-corrected chi connectivity index (χ3v) is 9.23. The Morgan fingerprint density at radius 3 is 2.42 bits per heavy atom. The zero-order valence-corrected chi connectivity index (χ0v) is 21.4. The lowest BCUT2D eigenvalue weighted by Crippen LogP contribution is -2.51. The summed E-state index contributed by atoms with van der Waals surface area (Å²) < 4.78 is 27.6. The van der Waals surface area contributed by atoms with Gasteiger partial charge in [-0.05, 0) is 41.8 Å². The molecule has 10 heteroatoms. The summed E-state index contributed by atoms with van der Waals surface area (Å²) >= 11 is 6.03. The molecule has 3 aliphatic rings. The summed E-state index contributed by atoms with van der Waals surface area (Å²) in [6.45, 7) is 4.10. The number of hydrogen-bond donors (Lipinski definition) is 2. The van der Waals surface area contributed by atoms with Crippen LogP contribution in [0.5, 0.6) is 0 Å². The lowest BCUT2D eigenvalue weighted by Gasteiger charge is -2.39. The second-order valence-electron chi connectivity index (χ2n) is 9.56. The molecule has 3 aromatic rings. The first-order valence-corrected chi connectivity index (χ1v) is 14.1. The van der Waals surface area contributed by atoms with E-state index >= 15 is 0 Å². The van der Waals surface area contributed by atoms with Gasteiger partial charge in [-0.15, -0.1) is 0 Å². The van der Waals surface area contributed by atoms with Crippen LogP contribution in [0.15, 0.2) is 59.3 Å². The minimum atomic E-state index is -3.82. The number of halogens is 1. The average Bonchev–Trinajstić information content (AvgIpc) is 3.22. The normalized spacial score (nSPS) is 20.2. The molecule has 3 aliphatic heterocycles. The van der Waals surface area contributed by atoms with Gasteiger partial charge in [0.15, 0.2) is 0 Å². The first-order valence-electron chi connectivity index (χ1n) is 12.3. The van der Waals surface area contributed by atoms with E-state index in [1.54, 1.807) is 29.2 Å². The summed E-state index contributed by atoms with van der Waals surface area (Å²) in [6, 6.07) is 15.1. The van der Waals surface area contributed by atoms with Crippen molar-refractivity contribution in [2.75, 3.05) is 39.3 Å². The zero-order valence-electron chi connectivity index (χ0n) is 19.8. The van der Waals surface area contributed by atoms with E-state index in [0.29, 0.717) is 23.6 Å². The van der Waals surface area contributed by atoms with E-state index in [-0.39, 0.29) is 24.0 Å². The molecule has 6 rings (SSSR count). The van der Waals surface area contributed by atoms with Gasteiger partial charge in [-0.3, -0.25) is 4.79 Å². The van der Waals surface area contributed by atoms with Crippen LogP contribution in [0.3, 0.4) is 0 Å². The fraction of sp³-hybridized carbons (Fsp3) is 0.346. The Kier molecular flexibility index (Phi) is 5.94. The Hall–Kier alpha value is -3.01. The van der Waals surface area contributed by atoms with Crippen molar-refractivity contribution in [2.24, 2.45) is 0 Å². The number of nitrogens with one attached hydrogen (secondary N) is 2. The SMILES string of the molecule is O=C1CN(S(=O)(=O)c2cc3cc(Cl)ccc3[nH]2)CCN1Cc1ccc(/C(=C2\CCN2)N2CCC2)cc1. The average molecular weight is 526 g/mol. The van der Waals surface area contributed by atoms with Crippen LogP contribution in [0, 0.1) is 0 Å². The van der Waals surface area contributed by atoms with Crippen LogP contribution >= 0.6 is 11.6 Å². The summed E-state index contributed by atoms with van der Waals surface area (Å²) in [5.74, 6) is -0.199. The highest BCUT2D eigenvalue weighted by atomic mass is 35.5. The Bertz CT molecular complexity index is 1450. The first-order chi connectivity index (χ1) is 17.4. The Balaban J connectivity index is 1.13. The molecule has 1 amide bonds. The molecule has 3 fully saturated rings. The maximum absolute atomic E-state index is 13.2. The lowest BCUT2D eigenvalue weighted by atomic mass is 9.99. The first kappa shape index (κ1) is 23.4. The van der Waals surface area contributed by atoms with Crippen LogP contribution in [0.2, 0.25) is 5.02 Å². The second-order valence-corrected chi connectivity index (χ2v) is 11.9. The predicted octanol–water partition coefficient (Wildman–Crippen LogP) is 3.22. The number of aromatic nitrogens is 1. The predicted molar refractivity (Wildman–Crippen MR) is 140 cm³/mol. The van der Waals surface area contributed by atoms with Gasteiger partial charge in [-0.2, -0.15) is 4.31 Å². The van der Waals surface area contributed by atoms with E-state index in [1.165, 1.54) is 27.7 Å². The van der Waals surface area contributed by atoms with E-state index in [2.05, 4.69) is 39.5 Å². The number of piperazine rings is 1. The number of amides is 1. The topological polar surface area (TPSA) is 88.8 Å². The minimum Gasteiger partial charge on any atom is -0.386 e. The number of benzene rings is 2. The summed E-state index contributed by atoms with van der Waals surface area (Å²) in [5.41, 5.74) is 5.53. The van der Waals surface area contributed by atoms with Gasteiger partial charge >= 0.3 is 0 Å². The van der Waals surface area contributed by atoms with Crippen molar-refractivity contribution in [2.45, 2.75) is 24.4 Å². The maximum Gasteiger partial charge on any atom is 0.259 e. The van der Waals surface area contributed by atoms with Crippen LogP contribution in [0.4, 0.5) is 0 Å². The molecule has 2 N–H and O–H groups in total. The summed E-state index contributed by atoms with van der Waals surface area (Å²) in [7, 11) is -3.82. The Morgan fingerprint density at radius 1 is 1.00 bits per heavy atom. The number of aromatic amines is 1. The zero-order chi connectivity index (χ0) is 24.9. The van der Waals surface area contributed by atoms with Crippen molar-refractivity contribution >= 4 is 44.1 Å². The summed E-state index contributed by atoms with van der Waals surface area (Å²) in [6.07, 6.45) is 2.31. The van der Waals surface area contributed by atoms with E-state index in [4.69, 9.17) is 11.6 Å². The molecule has 36 heavy (non-hydrogen) atoms. The molecule has 1 aromatic heterocycles. The number of hydrogen-bond acceptors (Lipinski definition) is 5. The van der Waals surface area contributed by atoms with E-state index < -0.39 is 10.0 Å². The van der Waals surface area contributed by atoms with Crippen LogP contribution in [0.1, 0.15) is 24.0 Å². The van der Waals surface area contributed by atoms with E-state index in [9.17, 15) is 13.2 Å². The number of nitrogens with zero attached hydrogens (tertiary/aromatic N) is 3. The maximum atomic E-state index is 13.2. The number of rotatable bonds is 6. The largest absolute Gasteiger partial charge is 0.386 e. The van der Waals surface area contributed by atoms with Crippen LogP contribution in [0.25, 0.3) is 16.6 Å². The summed E-state index contributed by atoms with van der Waals surface area (Å²) in [4.78, 5) is 20.0. The van der Waals surface area contributed by atoms with Gasteiger partial charge in [0.05, 0.1) is 12.2 Å². The van der Waals surface area contributed by atoms with Gasteiger partial charge in [0, 0.05) is 67.3 Å². The van der Waals surface area contributed by atoms with Crippen molar-refractivity contribution in [3.63, 3.8) is 0 Å². The molecule has 8 nitrogen and oxygen atoms in total. The van der Waals surface area contributed by atoms with Crippen LogP contribution in [-0.2, 0) is 21.4 Å². The number of H-pyrrole nitrogens is 1. The van der Waals surface area contributed by atoms with Gasteiger partial charge in [0.2, 0.25) is 5.91 Å². The number of fused-ring (bicyclic) bond motifs is 1. The van der Waals surface area contributed by atoms with E-state index in [0.717, 1.165) is 37.0 Å². The molecule has 3 saturated heterocycles. The third-order valence-electron chi connectivity index (χ3n) is 7.23.